The molecule has 0 aromatic rings. The quantitative estimate of drug-likeness (QED) is 0.696. The summed E-state index contributed by atoms with van der Waals surface area (Å²) in [6, 6.07) is 0.196. The monoisotopic (exact) mass is 206 g/mol. The molecule has 0 radical (unpaired) electrons. The van der Waals surface area contributed by atoms with Crippen molar-refractivity contribution in [1.82, 2.24) is 4.90 Å². The van der Waals surface area contributed by atoms with E-state index in [0.717, 1.165) is 25.9 Å². The number of halogens is 1. The van der Waals surface area contributed by atoms with Crippen molar-refractivity contribution in [2.75, 3.05) is 13.1 Å². The molecule has 78 valence electrons. The fraction of sp³-hybridized carbons (Fsp3) is 0.889. The number of carbonyl (C=O) groups is 1. The lowest BCUT2D eigenvalue weighted by Crippen LogP contribution is -2.47. The van der Waals surface area contributed by atoms with Gasteiger partial charge in [-0.3, -0.25) is 4.79 Å². The van der Waals surface area contributed by atoms with E-state index in [1.54, 1.807) is 0 Å². The number of hydrogen-bond donors (Lipinski definition) is 1. The van der Waals surface area contributed by atoms with Gasteiger partial charge in [0.2, 0.25) is 5.91 Å². The zero-order valence-corrected chi connectivity index (χ0v) is 9.14. The molecule has 0 bridgehead atoms. The predicted molar refractivity (Wildman–Crippen MR) is 55.9 cm³/mol. The number of rotatable bonds is 1. The summed E-state index contributed by atoms with van der Waals surface area (Å²) >= 11 is 0. The third-order valence-corrected chi connectivity index (χ3v) is 2.26. The van der Waals surface area contributed by atoms with Crippen LogP contribution in [0.25, 0.3) is 0 Å². The summed E-state index contributed by atoms with van der Waals surface area (Å²) < 4.78 is 0. The molecule has 1 heterocycles. The van der Waals surface area contributed by atoms with Gasteiger partial charge in [-0.15, -0.1) is 12.4 Å². The van der Waals surface area contributed by atoms with Gasteiger partial charge in [0.15, 0.2) is 0 Å². The van der Waals surface area contributed by atoms with Gasteiger partial charge in [-0.1, -0.05) is 13.8 Å². The Balaban J connectivity index is 0.00000144. The normalized spacial score (nSPS) is 22.8. The zero-order chi connectivity index (χ0) is 9.14. The van der Waals surface area contributed by atoms with Gasteiger partial charge >= 0.3 is 0 Å². The number of hydrogen-bond acceptors (Lipinski definition) is 2. The van der Waals surface area contributed by atoms with E-state index in [9.17, 15) is 4.79 Å². The highest BCUT2D eigenvalue weighted by atomic mass is 35.5. The van der Waals surface area contributed by atoms with Gasteiger partial charge in [0.05, 0.1) is 0 Å². The third-order valence-electron chi connectivity index (χ3n) is 2.26. The number of nitrogens with two attached hydrogens (primary N) is 1. The van der Waals surface area contributed by atoms with Gasteiger partial charge < -0.3 is 10.6 Å². The summed E-state index contributed by atoms with van der Waals surface area (Å²) in [4.78, 5) is 13.4. The number of piperidine rings is 1. The molecule has 0 saturated carbocycles. The summed E-state index contributed by atoms with van der Waals surface area (Å²) in [5.74, 6) is 0.348. The second kappa shape index (κ2) is 5.45. The predicted octanol–water partition coefficient (Wildman–Crippen LogP) is 1.01. The molecule has 13 heavy (non-hydrogen) atoms. The van der Waals surface area contributed by atoms with Crippen LogP contribution in [0.15, 0.2) is 0 Å². The van der Waals surface area contributed by atoms with Crippen molar-refractivity contribution >= 4 is 18.3 Å². The first-order valence-electron chi connectivity index (χ1n) is 4.65. The number of carbonyl (C=O) groups excluding carboxylic acids is 1. The fourth-order valence-electron chi connectivity index (χ4n) is 1.58. The topological polar surface area (TPSA) is 46.3 Å². The summed E-state index contributed by atoms with van der Waals surface area (Å²) in [6.07, 6.45) is 2.11. The number of likely N-dealkylation sites (tertiary alicyclic amines) is 1. The molecule has 1 rings (SSSR count). The van der Waals surface area contributed by atoms with Crippen LogP contribution in [-0.4, -0.2) is 29.9 Å². The molecule has 1 aliphatic heterocycles. The van der Waals surface area contributed by atoms with Crippen LogP contribution in [0.4, 0.5) is 0 Å². The smallest absolute Gasteiger partial charge is 0.225 e. The lowest BCUT2D eigenvalue weighted by Gasteiger charge is -2.31. The molecule has 0 spiro atoms. The van der Waals surface area contributed by atoms with E-state index in [-0.39, 0.29) is 30.3 Å². The van der Waals surface area contributed by atoms with Crippen LogP contribution in [0.3, 0.4) is 0 Å². The molecule has 1 saturated heterocycles. The molecular weight excluding hydrogens is 188 g/mol. The van der Waals surface area contributed by atoms with Gasteiger partial charge in [0.25, 0.3) is 0 Å². The van der Waals surface area contributed by atoms with Crippen molar-refractivity contribution in [3.63, 3.8) is 0 Å². The summed E-state index contributed by atoms with van der Waals surface area (Å²) in [5, 5.41) is 0. The van der Waals surface area contributed by atoms with Crippen molar-refractivity contribution in [2.45, 2.75) is 32.7 Å². The zero-order valence-electron chi connectivity index (χ0n) is 8.32. The van der Waals surface area contributed by atoms with E-state index in [1.165, 1.54) is 0 Å². The first kappa shape index (κ1) is 12.7. The third kappa shape index (κ3) is 3.53. The Morgan fingerprint density at radius 1 is 1.54 bits per heavy atom. The molecule has 3 nitrogen and oxygen atoms in total. The highest BCUT2D eigenvalue weighted by molar-refractivity contribution is 5.85. The van der Waals surface area contributed by atoms with Gasteiger partial charge in [0.1, 0.15) is 0 Å². The minimum atomic E-state index is 0. The molecule has 1 aliphatic rings. The van der Waals surface area contributed by atoms with E-state index in [4.69, 9.17) is 5.73 Å². The van der Waals surface area contributed by atoms with Gasteiger partial charge in [-0.05, 0) is 12.8 Å². The van der Waals surface area contributed by atoms with Crippen molar-refractivity contribution in [1.29, 1.82) is 0 Å². The van der Waals surface area contributed by atoms with E-state index < -0.39 is 0 Å². The average Bonchev–Trinajstić information content (AvgIpc) is 2.03. The second-order valence-corrected chi connectivity index (χ2v) is 3.84. The number of nitrogens with zero attached hydrogens (tertiary/aromatic N) is 1. The van der Waals surface area contributed by atoms with E-state index in [1.807, 2.05) is 18.7 Å². The largest absolute Gasteiger partial charge is 0.341 e. The van der Waals surface area contributed by atoms with Crippen molar-refractivity contribution < 1.29 is 4.79 Å². The lowest BCUT2D eigenvalue weighted by atomic mass is 10.0. The minimum Gasteiger partial charge on any atom is -0.341 e. The Morgan fingerprint density at radius 2 is 2.15 bits per heavy atom. The highest BCUT2D eigenvalue weighted by Crippen LogP contribution is 2.11. The molecule has 0 aromatic carbocycles. The van der Waals surface area contributed by atoms with Crippen LogP contribution >= 0.6 is 12.4 Å². The van der Waals surface area contributed by atoms with Crippen LogP contribution in [0.2, 0.25) is 0 Å². The summed E-state index contributed by atoms with van der Waals surface area (Å²) in [7, 11) is 0. The van der Waals surface area contributed by atoms with Crippen molar-refractivity contribution in [3.05, 3.63) is 0 Å². The molecule has 1 atom stereocenters. The molecule has 0 aliphatic carbocycles. The van der Waals surface area contributed by atoms with Gasteiger partial charge in [0, 0.05) is 25.0 Å². The van der Waals surface area contributed by atoms with E-state index in [2.05, 4.69) is 0 Å². The maximum absolute atomic E-state index is 11.5. The van der Waals surface area contributed by atoms with E-state index >= 15 is 0 Å². The molecule has 1 amide bonds. The number of amides is 1. The van der Waals surface area contributed by atoms with Crippen LogP contribution in [0.1, 0.15) is 26.7 Å². The minimum absolute atomic E-state index is 0. The first-order valence-corrected chi connectivity index (χ1v) is 4.65. The van der Waals surface area contributed by atoms with Crippen LogP contribution < -0.4 is 5.73 Å². The first-order chi connectivity index (χ1) is 5.61. The molecule has 4 heteroatoms. The van der Waals surface area contributed by atoms with Crippen LogP contribution in [-0.2, 0) is 4.79 Å². The lowest BCUT2D eigenvalue weighted by molar-refractivity contribution is -0.135. The summed E-state index contributed by atoms with van der Waals surface area (Å²) in [5.41, 5.74) is 5.77. The molecule has 2 N–H and O–H groups in total. The van der Waals surface area contributed by atoms with Crippen LogP contribution in [0, 0.1) is 5.92 Å². The van der Waals surface area contributed by atoms with Gasteiger partial charge in [-0.25, -0.2) is 0 Å². The van der Waals surface area contributed by atoms with Crippen molar-refractivity contribution in [3.8, 4) is 0 Å². The maximum Gasteiger partial charge on any atom is 0.225 e. The standard InChI is InChI=1S/C9H18N2O.ClH/c1-7(2)9(12)11-5-3-4-8(10)6-11;/h7-8H,3-6,10H2,1-2H3;1H. The van der Waals surface area contributed by atoms with E-state index in [0.29, 0.717) is 0 Å². The Bertz CT molecular complexity index is 173. The highest BCUT2D eigenvalue weighted by Gasteiger charge is 2.22. The SMILES string of the molecule is CC(C)C(=O)N1CCCC(N)C1.Cl. The fourth-order valence-corrected chi connectivity index (χ4v) is 1.58. The Morgan fingerprint density at radius 3 is 2.62 bits per heavy atom. The molecule has 1 unspecified atom stereocenters. The Labute approximate surface area is 86.1 Å². The van der Waals surface area contributed by atoms with Crippen LogP contribution in [0.5, 0.6) is 0 Å². The Hall–Kier alpha value is -0.280. The maximum atomic E-state index is 11.5. The molecule has 1 fully saturated rings. The Kier molecular flexibility index (Phi) is 5.33. The molecule has 0 aromatic heterocycles. The van der Waals surface area contributed by atoms with Gasteiger partial charge in [-0.2, -0.15) is 0 Å². The molecular formula is C9H19ClN2O. The van der Waals surface area contributed by atoms with Crippen molar-refractivity contribution in [2.24, 2.45) is 11.7 Å². The average molecular weight is 207 g/mol. The second-order valence-electron chi connectivity index (χ2n) is 3.84. The summed E-state index contributed by atoms with van der Waals surface area (Å²) in [6.45, 7) is 5.51.